The maximum absolute atomic E-state index is 6.13. The van der Waals surface area contributed by atoms with E-state index in [0.29, 0.717) is 0 Å². The minimum Gasteiger partial charge on any atom is -0.457 e. The van der Waals surface area contributed by atoms with Crippen LogP contribution in [0, 0.1) is 0 Å². The second-order valence-corrected chi connectivity index (χ2v) is 8.61. The molecule has 1 aliphatic heterocycles. The summed E-state index contributed by atoms with van der Waals surface area (Å²) in [7, 11) is 0. The van der Waals surface area contributed by atoms with Gasteiger partial charge in [0.25, 0.3) is 0 Å². The van der Waals surface area contributed by atoms with E-state index in [1.807, 2.05) is 36.4 Å². The number of thiazole rings is 1. The number of nitrogens with one attached hydrogen (secondary N) is 1. The van der Waals surface area contributed by atoms with Crippen LogP contribution in [0.1, 0.15) is 23.0 Å². The average Bonchev–Trinajstić information content (AvgIpc) is 3.02. The van der Waals surface area contributed by atoms with Crippen molar-refractivity contribution < 1.29 is 4.74 Å². The van der Waals surface area contributed by atoms with E-state index < -0.39 is 0 Å². The summed E-state index contributed by atoms with van der Waals surface area (Å²) in [4.78, 5) is 7.58. The molecule has 0 amide bonds. The first-order valence-electron chi connectivity index (χ1n) is 10.5. The molecule has 1 aliphatic rings. The third kappa shape index (κ3) is 4.24. The molecule has 5 rings (SSSR count). The fourth-order valence-electron chi connectivity index (χ4n) is 4.01. The largest absolute Gasteiger partial charge is 0.457 e. The van der Waals surface area contributed by atoms with Gasteiger partial charge in [0.15, 0.2) is 0 Å². The molecular weight excluding hydrogens is 390 g/mol. The molecule has 1 fully saturated rings. The predicted octanol–water partition coefficient (Wildman–Crippen LogP) is 5.47. The highest BCUT2D eigenvalue weighted by atomic mass is 32.1. The maximum Gasteiger partial charge on any atom is 0.127 e. The molecular formula is C25H25N3OS. The van der Waals surface area contributed by atoms with Crippen molar-refractivity contribution in [3.8, 4) is 11.5 Å². The van der Waals surface area contributed by atoms with Crippen molar-refractivity contribution in [2.75, 3.05) is 26.2 Å². The van der Waals surface area contributed by atoms with Crippen LogP contribution in [0.5, 0.6) is 11.5 Å². The molecule has 0 radical (unpaired) electrons. The van der Waals surface area contributed by atoms with E-state index in [4.69, 9.17) is 9.72 Å². The third-order valence-electron chi connectivity index (χ3n) is 5.44. The highest BCUT2D eigenvalue weighted by Gasteiger charge is 2.26. The van der Waals surface area contributed by atoms with Crippen molar-refractivity contribution >= 4 is 21.6 Å². The summed E-state index contributed by atoms with van der Waals surface area (Å²) < 4.78 is 7.37. The van der Waals surface area contributed by atoms with Crippen LogP contribution in [0.2, 0.25) is 0 Å². The summed E-state index contributed by atoms with van der Waals surface area (Å²) >= 11 is 1.80. The smallest absolute Gasteiger partial charge is 0.127 e. The Balaban J connectivity index is 1.53. The minimum atomic E-state index is 0.127. The van der Waals surface area contributed by atoms with Gasteiger partial charge in [-0.1, -0.05) is 42.5 Å². The molecule has 2 heterocycles. The number of fused-ring (bicyclic) bond motifs is 1. The van der Waals surface area contributed by atoms with Gasteiger partial charge in [0, 0.05) is 19.6 Å². The molecule has 30 heavy (non-hydrogen) atoms. The van der Waals surface area contributed by atoms with Gasteiger partial charge in [0.1, 0.15) is 16.5 Å². The van der Waals surface area contributed by atoms with E-state index in [1.165, 1.54) is 10.3 Å². The first kappa shape index (κ1) is 19.2. The van der Waals surface area contributed by atoms with Gasteiger partial charge in [0.2, 0.25) is 0 Å². The van der Waals surface area contributed by atoms with Gasteiger partial charge in [-0.05, 0) is 54.9 Å². The van der Waals surface area contributed by atoms with Crippen molar-refractivity contribution in [1.29, 1.82) is 0 Å². The summed E-state index contributed by atoms with van der Waals surface area (Å²) in [5.41, 5.74) is 2.30. The van der Waals surface area contributed by atoms with E-state index in [9.17, 15) is 0 Å². The second kappa shape index (κ2) is 8.96. The Morgan fingerprint density at radius 2 is 1.70 bits per heavy atom. The molecule has 3 aromatic carbocycles. The lowest BCUT2D eigenvalue weighted by Crippen LogP contribution is -2.33. The topological polar surface area (TPSA) is 37.4 Å². The third-order valence-corrected chi connectivity index (χ3v) is 6.53. The quantitative estimate of drug-likeness (QED) is 0.469. The molecule has 4 aromatic rings. The van der Waals surface area contributed by atoms with Crippen LogP contribution in [0.25, 0.3) is 10.2 Å². The number of benzene rings is 3. The van der Waals surface area contributed by atoms with Crippen LogP contribution in [0.4, 0.5) is 0 Å². The molecule has 0 saturated carbocycles. The molecule has 1 aromatic heterocycles. The first-order valence-corrected chi connectivity index (χ1v) is 11.3. The van der Waals surface area contributed by atoms with Crippen LogP contribution in [0.15, 0.2) is 78.9 Å². The van der Waals surface area contributed by atoms with Crippen LogP contribution in [0.3, 0.4) is 0 Å². The van der Waals surface area contributed by atoms with Crippen molar-refractivity contribution in [1.82, 2.24) is 15.2 Å². The highest BCUT2D eigenvalue weighted by molar-refractivity contribution is 7.18. The van der Waals surface area contributed by atoms with Crippen LogP contribution >= 0.6 is 11.3 Å². The van der Waals surface area contributed by atoms with Crippen molar-refractivity contribution in [3.05, 3.63) is 89.4 Å². The summed E-state index contributed by atoms with van der Waals surface area (Å²) in [5.74, 6) is 1.71. The lowest BCUT2D eigenvalue weighted by atomic mass is 10.0. The Morgan fingerprint density at radius 3 is 2.60 bits per heavy atom. The fraction of sp³-hybridized carbons (Fsp3) is 0.240. The molecule has 1 atom stereocenters. The summed E-state index contributed by atoms with van der Waals surface area (Å²) in [6.07, 6.45) is 1.14. The molecule has 0 bridgehead atoms. The molecule has 1 unspecified atom stereocenters. The number of nitrogens with zero attached hydrogens (tertiary/aromatic N) is 2. The van der Waals surface area contributed by atoms with Gasteiger partial charge < -0.3 is 10.1 Å². The van der Waals surface area contributed by atoms with Crippen LogP contribution in [-0.4, -0.2) is 36.1 Å². The Morgan fingerprint density at radius 1 is 0.867 bits per heavy atom. The van der Waals surface area contributed by atoms with Crippen molar-refractivity contribution in [2.24, 2.45) is 0 Å². The fourth-order valence-corrected chi connectivity index (χ4v) is 5.15. The second-order valence-electron chi connectivity index (χ2n) is 7.55. The lowest BCUT2D eigenvalue weighted by Gasteiger charge is -2.29. The number of hydrogen-bond acceptors (Lipinski definition) is 5. The van der Waals surface area contributed by atoms with Crippen molar-refractivity contribution in [3.63, 3.8) is 0 Å². The van der Waals surface area contributed by atoms with E-state index >= 15 is 0 Å². The SMILES string of the molecule is c1ccc(Oc2cccc(C(c3nc4ccccc4s3)N3CCCNCC3)c2)cc1. The van der Waals surface area contributed by atoms with E-state index in [-0.39, 0.29) is 6.04 Å². The minimum absolute atomic E-state index is 0.127. The van der Waals surface area contributed by atoms with Gasteiger partial charge in [-0.3, -0.25) is 4.90 Å². The highest BCUT2D eigenvalue weighted by Crippen LogP contribution is 2.36. The van der Waals surface area contributed by atoms with E-state index in [0.717, 1.165) is 54.6 Å². The first-order chi connectivity index (χ1) is 14.9. The van der Waals surface area contributed by atoms with Gasteiger partial charge >= 0.3 is 0 Å². The molecule has 0 aliphatic carbocycles. The van der Waals surface area contributed by atoms with Gasteiger partial charge in [-0.25, -0.2) is 4.98 Å². The molecule has 0 spiro atoms. The monoisotopic (exact) mass is 415 g/mol. The Bertz CT molecular complexity index is 1070. The average molecular weight is 416 g/mol. The number of aromatic nitrogens is 1. The Kier molecular flexibility index (Phi) is 5.75. The number of para-hydroxylation sites is 2. The Labute approximate surface area is 181 Å². The molecule has 5 heteroatoms. The van der Waals surface area contributed by atoms with E-state index in [1.54, 1.807) is 11.3 Å². The zero-order valence-corrected chi connectivity index (χ0v) is 17.6. The molecule has 152 valence electrons. The van der Waals surface area contributed by atoms with Crippen LogP contribution < -0.4 is 10.1 Å². The lowest BCUT2D eigenvalue weighted by molar-refractivity contribution is 0.240. The number of ether oxygens (including phenoxy) is 1. The zero-order valence-electron chi connectivity index (χ0n) is 16.8. The van der Waals surface area contributed by atoms with E-state index in [2.05, 4.69) is 52.7 Å². The molecule has 4 nitrogen and oxygen atoms in total. The van der Waals surface area contributed by atoms with Gasteiger partial charge in [-0.2, -0.15) is 0 Å². The Hall–Kier alpha value is -2.73. The van der Waals surface area contributed by atoms with Crippen LogP contribution in [-0.2, 0) is 0 Å². The van der Waals surface area contributed by atoms with Gasteiger partial charge in [-0.15, -0.1) is 11.3 Å². The standard InChI is InChI=1S/C25H25N3OS/c1-2-9-20(10-3-1)29-21-11-6-8-19(18-21)24(28-16-7-14-26-15-17-28)25-27-22-12-4-5-13-23(22)30-25/h1-6,8-13,18,24,26H,7,14-17H2. The normalized spacial score (nSPS) is 16.3. The molecule has 1 N–H and O–H groups in total. The summed E-state index contributed by atoms with van der Waals surface area (Å²) in [6.45, 7) is 4.13. The van der Waals surface area contributed by atoms with Crippen molar-refractivity contribution in [2.45, 2.75) is 12.5 Å². The van der Waals surface area contributed by atoms with Gasteiger partial charge in [0.05, 0.1) is 16.3 Å². The molecule has 1 saturated heterocycles. The zero-order chi connectivity index (χ0) is 20.2. The predicted molar refractivity (Wildman–Crippen MR) is 123 cm³/mol. The summed E-state index contributed by atoms with van der Waals surface area (Å²) in [6, 6.07) is 27.0. The summed E-state index contributed by atoms with van der Waals surface area (Å²) in [5, 5.41) is 4.67. The number of rotatable bonds is 5. The maximum atomic E-state index is 6.13. The number of hydrogen-bond donors (Lipinski definition) is 1.